The van der Waals surface area contributed by atoms with Crippen LogP contribution in [0.25, 0.3) is 0 Å². The highest BCUT2D eigenvalue weighted by atomic mass is 16.3. The normalized spacial score (nSPS) is 11.9. The van der Waals surface area contributed by atoms with Crippen molar-refractivity contribution in [1.82, 2.24) is 4.98 Å². The lowest BCUT2D eigenvalue weighted by Gasteiger charge is -2.13. The fourth-order valence-corrected chi connectivity index (χ4v) is 1.89. The molecule has 2 N–H and O–H groups in total. The first-order valence-corrected chi connectivity index (χ1v) is 6.66. The second-order valence-electron chi connectivity index (χ2n) is 4.78. The highest BCUT2D eigenvalue weighted by Crippen LogP contribution is 2.29. The highest BCUT2D eigenvalue weighted by molar-refractivity contribution is 6.04. The van der Waals surface area contributed by atoms with Crippen LogP contribution in [-0.4, -0.2) is 16.0 Å². The molecule has 20 heavy (non-hydrogen) atoms. The van der Waals surface area contributed by atoms with Gasteiger partial charge in [0.2, 0.25) is 0 Å². The number of nitrogens with zero attached hydrogens (tertiary/aromatic N) is 1. The minimum Gasteiger partial charge on any atom is -0.506 e. The van der Waals surface area contributed by atoms with Crippen LogP contribution < -0.4 is 5.32 Å². The number of pyridine rings is 1. The maximum Gasteiger partial charge on any atom is 0.257 e. The monoisotopic (exact) mass is 270 g/mol. The summed E-state index contributed by atoms with van der Waals surface area (Å²) in [4.78, 5) is 16.0. The third-order valence-corrected chi connectivity index (χ3v) is 3.37. The molecule has 0 fully saturated rings. The summed E-state index contributed by atoms with van der Waals surface area (Å²) in [5.74, 6) is 0.161. The summed E-state index contributed by atoms with van der Waals surface area (Å²) in [6.07, 6.45) is 4.10. The van der Waals surface area contributed by atoms with E-state index in [2.05, 4.69) is 24.1 Å². The van der Waals surface area contributed by atoms with Crippen molar-refractivity contribution in [2.45, 2.75) is 26.2 Å². The van der Waals surface area contributed by atoms with E-state index in [0.717, 1.165) is 12.0 Å². The number of phenolic OH excluding ortho intramolecular Hbond substituents is 1. The molecule has 1 aromatic heterocycles. The van der Waals surface area contributed by atoms with Crippen molar-refractivity contribution in [2.24, 2.45) is 0 Å². The van der Waals surface area contributed by atoms with Crippen molar-refractivity contribution < 1.29 is 9.90 Å². The molecule has 104 valence electrons. The molecule has 0 saturated heterocycles. The van der Waals surface area contributed by atoms with Crippen molar-refractivity contribution in [1.29, 1.82) is 0 Å². The highest BCUT2D eigenvalue weighted by Gasteiger charge is 2.11. The lowest BCUT2D eigenvalue weighted by molar-refractivity contribution is 0.102. The average Bonchev–Trinajstić information content (AvgIpc) is 2.49. The van der Waals surface area contributed by atoms with E-state index in [1.807, 2.05) is 12.1 Å². The molecule has 0 aliphatic rings. The average molecular weight is 270 g/mol. The zero-order chi connectivity index (χ0) is 14.5. The first kappa shape index (κ1) is 14.1. The van der Waals surface area contributed by atoms with Gasteiger partial charge in [-0.15, -0.1) is 0 Å². The smallest absolute Gasteiger partial charge is 0.257 e. The number of amides is 1. The van der Waals surface area contributed by atoms with Gasteiger partial charge in [0.1, 0.15) is 5.75 Å². The van der Waals surface area contributed by atoms with E-state index >= 15 is 0 Å². The molecule has 0 unspecified atom stereocenters. The number of hydrogen-bond donors (Lipinski definition) is 2. The molecular weight excluding hydrogens is 252 g/mol. The summed E-state index contributed by atoms with van der Waals surface area (Å²) in [5.41, 5.74) is 1.98. The van der Waals surface area contributed by atoms with E-state index in [4.69, 9.17) is 0 Å². The van der Waals surface area contributed by atoms with Crippen LogP contribution in [0, 0.1) is 0 Å². The minimum atomic E-state index is -0.283. The van der Waals surface area contributed by atoms with E-state index in [1.54, 1.807) is 24.4 Å². The zero-order valence-electron chi connectivity index (χ0n) is 11.6. The van der Waals surface area contributed by atoms with Crippen molar-refractivity contribution in [2.75, 3.05) is 5.32 Å². The second-order valence-corrected chi connectivity index (χ2v) is 4.78. The van der Waals surface area contributed by atoms with Crippen molar-refractivity contribution in [3.8, 4) is 5.75 Å². The first-order valence-electron chi connectivity index (χ1n) is 6.66. The predicted octanol–water partition coefficient (Wildman–Crippen LogP) is 3.55. The molecule has 1 atom stereocenters. The SMILES string of the molecule is CC[C@@H](C)c1ccc(O)c(NC(=O)c2cccnc2)c1. The summed E-state index contributed by atoms with van der Waals surface area (Å²) in [6, 6.07) is 8.68. The van der Waals surface area contributed by atoms with Gasteiger partial charge in [-0.05, 0) is 42.2 Å². The van der Waals surface area contributed by atoms with Crippen LogP contribution in [0.5, 0.6) is 5.75 Å². The fourth-order valence-electron chi connectivity index (χ4n) is 1.89. The van der Waals surface area contributed by atoms with Crippen LogP contribution in [0.15, 0.2) is 42.7 Å². The zero-order valence-corrected chi connectivity index (χ0v) is 11.6. The molecular formula is C16H18N2O2. The molecule has 0 spiro atoms. The molecule has 4 nitrogen and oxygen atoms in total. The second kappa shape index (κ2) is 6.19. The number of aromatic hydroxyl groups is 1. The van der Waals surface area contributed by atoms with Crippen LogP contribution >= 0.6 is 0 Å². The number of anilines is 1. The largest absolute Gasteiger partial charge is 0.506 e. The molecule has 1 aromatic carbocycles. The van der Waals surface area contributed by atoms with Crippen LogP contribution in [0.2, 0.25) is 0 Å². The number of nitrogens with one attached hydrogen (secondary N) is 1. The van der Waals surface area contributed by atoms with Gasteiger partial charge in [0.15, 0.2) is 0 Å². The molecule has 0 bridgehead atoms. The number of carbonyl (C=O) groups excluding carboxylic acids is 1. The van der Waals surface area contributed by atoms with Crippen molar-refractivity contribution in [3.05, 3.63) is 53.9 Å². The topological polar surface area (TPSA) is 62.2 Å². The van der Waals surface area contributed by atoms with E-state index < -0.39 is 0 Å². The van der Waals surface area contributed by atoms with Crippen LogP contribution in [0.3, 0.4) is 0 Å². The first-order chi connectivity index (χ1) is 9.61. The summed E-state index contributed by atoms with van der Waals surface area (Å²) < 4.78 is 0. The van der Waals surface area contributed by atoms with Gasteiger partial charge in [0.05, 0.1) is 11.3 Å². The number of carbonyl (C=O) groups is 1. The molecule has 0 aliphatic carbocycles. The number of aromatic nitrogens is 1. The van der Waals surface area contributed by atoms with Gasteiger partial charge in [0, 0.05) is 12.4 Å². The standard InChI is InChI=1S/C16H18N2O2/c1-3-11(2)12-6-7-15(19)14(9-12)18-16(20)13-5-4-8-17-10-13/h4-11,19H,3H2,1-2H3,(H,18,20)/t11-/m1/s1. The Kier molecular flexibility index (Phi) is 4.35. The maximum atomic E-state index is 12.1. The molecule has 1 amide bonds. The van der Waals surface area contributed by atoms with Crippen LogP contribution in [-0.2, 0) is 0 Å². The fraction of sp³-hybridized carbons (Fsp3) is 0.250. The van der Waals surface area contributed by atoms with Crippen LogP contribution in [0.4, 0.5) is 5.69 Å². The summed E-state index contributed by atoms with van der Waals surface area (Å²) in [5, 5.41) is 12.6. The molecule has 2 aromatic rings. The number of rotatable bonds is 4. The third-order valence-electron chi connectivity index (χ3n) is 3.37. The molecule has 2 rings (SSSR count). The molecule has 0 radical (unpaired) electrons. The predicted molar refractivity (Wildman–Crippen MR) is 79.0 cm³/mol. The van der Waals surface area contributed by atoms with Gasteiger partial charge in [-0.25, -0.2) is 0 Å². The van der Waals surface area contributed by atoms with Gasteiger partial charge in [-0.2, -0.15) is 0 Å². The minimum absolute atomic E-state index is 0.0642. The maximum absolute atomic E-state index is 12.1. The summed E-state index contributed by atoms with van der Waals surface area (Å²) >= 11 is 0. The Labute approximate surface area is 118 Å². The Morgan fingerprint density at radius 2 is 2.20 bits per heavy atom. The summed E-state index contributed by atoms with van der Waals surface area (Å²) in [7, 11) is 0. The van der Waals surface area contributed by atoms with Gasteiger partial charge in [-0.3, -0.25) is 9.78 Å². The van der Waals surface area contributed by atoms with Crippen LogP contribution in [0.1, 0.15) is 42.1 Å². The summed E-state index contributed by atoms with van der Waals surface area (Å²) in [6.45, 7) is 4.21. The quantitative estimate of drug-likeness (QED) is 0.835. The molecule has 0 aliphatic heterocycles. The Balaban J connectivity index is 2.22. The van der Waals surface area contributed by atoms with Gasteiger partial charge >= 0.3 is 0 Å². The Morgan fingerprint density at radius 3 is 2.85 bits per heavy atom. The Morgan fingerprint density at radius 1 is 1.40 bits per heavy atom. The lowest BCUT2D eigenvalue weighted by Crippen LogP contribution is -2.12. The number of benzene rings is 1. The van der Waals surface area contributed by atoms with E-state index in [9.17, 15) is 9.90 Å². The van der Waals surface area contributed by atoms with Gasteiger partial charge in [-0.1, -0.05) is 19.9 Å². The van der Waals surface area contributed by atoms with Gasteiger partial charge < -0.3 is 10.4 Å². The molecule has 1 heterocycles. The van der Waals surface area contributed by atoms with E-state index in [0.29, 0.717) is 17.2 Å². The number of hydrogen-bond acceptors (Lipinski definition) is 3. The third kappa shape index (κ3) is 3.15. The Bertz CT molecular complexity index is 597. The van der Waals surface area contributed by atoms with Gasteiger partial charge in [0.25, 0.3) is 5.91 Å². The van der Waals surface area contributed by atoms with Crippen molar-refractivity contribution >= 4 is 11.6 Å². The number of phenols is 1. The Hall–Kier alpha value is -2.36. The van der Waals surface area contributed by atoms with E-state index in [-0.39, 0.29) is 11.7 Å². The van der Waals surface area contributed by atoms with E-state index in [1.165, 1.54) is 6.20 Å². The molecule has 0 saturated carbocycles. The molecule has 4 heteroatoms. The van der Waals surface area contributed by atoms with Crippen molar-refractivity contribution in [3.63, 3.8) is 0 Å². The lowest BCUT2D eigenvalue weighted by atomic mass is 9.98.